The van der Waals surface area contributed by atoms with Gasteiger partial charge in [0, 0.05) is 24.3 Å². The zero-order valence-electron chi connectivity index (χ0n) is 12.0. The third-order valence-electron chi connectivity index (χ3n) is 3.63. The molecule has 1 aromatic carbocycles. The monoisotopic (exact) mass is 276 g/mol. The highest BCUT2D eigenvalue weighted by atomic mass is 16.6. The molecule has 0 radical (unpaired) electrons. The van der Waals surface area contributed by atoms with Gasteiger partial charge in [0.05, 0.1) is 10.5 Å². The number of hydrogen-bond acceptors (Lipinski definition) is 4. The molecule has 1 saturated carbocycles. The van der Waals surface area contributed by atoms with Crippen LogP contribution in [0.3, 0.4) is 0 Å². The number of nitrogens with zero attached hydrogens (tertiary/aromatic N) is 2. The lowest BCUT2D eigenvalue weighted by atomic mass is 10.1. The summed E-state index contributed by atoms with van der Waals surface area (Å²) in [6.07, 6.45) is 4.52. The molecule has 1 aromatic rings. The molecule has 108 valence electrons. The fourth-order valence-electron chi connectivity index (χ4n) is 2.38. The first-order valence-corrected chi connectivity index (χ1v) is 7.10. The van der Waals surface area contributed by atoms with Gasteiger partial charge in [-0.25, -0.2) is 0 Å². The lowest BCUT2D eigenvalue weighted by Crippen LogP contribution is -2.27. The molecule has 1 aliphatic carbocycles. The van der Waals surface area contributed by atoms with E-state index in [1.165, 1.54) is 13.0 Å². The third-order valence-corrected chi connectivity index (χ3v) is 3.63. The van der Waals surface area contributed by atoms with Crippen LogP contribution in [0.5, 0.6) is 0 Å². The van der Waals surface area contributed by atoms with Crippen LogP contribution in [-0.4, -0.2) is 23.3 Å². The number of ketones is 1. The number of hydrogen-bond donors (Lipinski definition) is 0. The quantitative estimate of drug-likeness (QED) is 0.434. The SMILES string of the molecule is CCCCN(c1ccc([N+](=O)[O-])c(C(C)=O)c1)C1CC1. The molecule has 0 heterocycles. The van der Waals surface area contributed by atoms with Gasteiger partial charge in [0.15, 0.2) is 5.78 Å². The Labute approximate surface area is 118 Å². The van der Waals surface area contributed by atoms with E-state index in [-0.39, 0.29) is 17.0 Å². The molecule has 0 bridgehead atoms. The predicted octanol–water partition coefficient (Wildman–Crippen LogP) is 3.57. The van der Waals surface area contributed by atoms with Gasteiger partial charge >= 0.3 is 0 Å². The Kier molecular flexibility index (Phi) is 4.37. The van der Waals surface area contributed by atoms with E-state index < -0.39 is 4.92 Å². The number of carbonyl (C=O) groups is 1. The highest BCUT2D eigenvalue weighted by Crippen LogP contribution is 2.34. The van der Waals surface area contributed by atoms with Crippen LogP contribution in [-0.2, 0) is 0 Å². The van der Waals surface area contributed by atoms with E-state index in [1.54, 1.807) is 12.1 Å². The van der Waals surface area contributed by atoms with Crippen LogP contribution in [0.2, 0.25) is 0 Å². The molecule has 5 nitrogen and oxygen atoms in total. The van der Waals surface area contributed by atoms with Gasteiger partial charge in [0.2, 0.25) is 0 Å². The first-order chi connectivity index (χ1) is 9.54. The fraction of sp³-hybridized carbons (Fsp3) is 0.533. The van der Waals surface area contributed by atoms with E-state index in [0.29, 0.717) is 6.04 Å². The van der Waals surface area contributed by atoms with Crippen LogP contribution in [0.1, 0.15) is 49.9 Å². The summed E-state index contributed by atoms with van der Waals surface area (Å²) in [6, 6.07) is 5.42. The predicted molar refractivity (Wildman–Crippen MR) is 78.4 cm³/mol. The summed E-state index contributed by atoms with van der Waals surface area (Å²) < 4.78 is 0. The van der Waals surface area contributed by atoms with Gasteiger partial charge in [-0.1, -0.05) is 13.3 Å². The van der Waals surface area contributed by atoms with E-state index in [4.69, 9.17) is 0 Å². The Morgan fingerprint density at radius 2 is 2.15 bits per heavy atom. The summed E-state index contributed by atoms with van der Waals surface area (Å²) in [6.45, 7) is 4.46. The Morgan fingerprint density at radius 3 is 2.65 bits per heavy atom. The number of anilines is 1. The second-order valence-corrected chi connectivity index (χ2v) is 5.29. The van der Waals surface area contributed by atoms with Gasteiger partial charge in [-0.2, -0.15) is 0 Å². The maximum Gasteiger partial charge on any atom is 0.280 e. The van der Waals surface area contributed by atoms with Gasteiger partial charge < -0.3 is 4.90 Å². The molecule has 5 heteroatoms. The van der Waals surface area contributed by atoms with Crippen LogP contribution < -0.4 is 4.90 Å². The number of carbonyl (C=O) groups excluding carboxylic acids is 1. The zero-order chi connectivity index (χ0) is 14.7. The normalized spacial score (nSPS) is 14.1. The molecule has 2 rings (SSSR count). The Hall–Kier alpha value is -1.91. The Balaban J connectivity index is 2.33. The van der Waals surface area contributed by atoms with Crippen LogP contribution in [0.25, 0.3) is 0 Å². The molecule has 0 unspecified atom stereocenters. The highest BCUT2D eigenvalue weighted by Gasteiger charge is 2.30. The average molecular weight is 276 g/mol. The van der Waals surface area contributed by atoms with Crippen molar-refractivity contribution < 1.29 is 9.72 Å². The van der Waals surface area contributed by atoms with Crippen molar-refractivity contribution in [3.63, 3.8) is 0 Å². The van der Waals surface area contributed by atoms with Crippen molar-refractivity contribution in [2.24, 2.45) is 0 Å². The fourth-order valence-corrected chi connectivity index (χ4v) is 2.38. The molecule has 0 atom stereocenters. The molecular weight excluding hydrogens is 256 g/mol. The van der Waals surface area contributed by atoms with Gasteiger partial charge in [-0.15, -0.1) is 0 Å². The van der Waals surface area contributed by atoms with Gasteiger partial charge in [0.1, 0.15) is 0 Å². The second kappa shape index (κ2) is 6.03. The summed E-state index contributed by atoms with van der Waals surface area (Å²) in [5.74, 6) is -0.259. The second-order valence-electron chi connectivity index (χ2n) is 5.29. The summed E-state index contributed by atoms with van der Waals surface area (Å²) in [4.78, 5) is 24.4. The summed E-state index contributed by atoms with van der Waals surface area (Å²) in [5, 5.41) is 11.0. The number of unbranched alkanes of at least 4 members (excludes halogenated alkanes) is 1. The van der Waals surface area contributed by atoms with Crippen LogP contribution in [0.15, 0.2) is 18.2 Å². The van der Waals surface area contributed by atoms with Crippen molar-refractivity contribution in [1.82, 2.24) is 0 Å². The standard InChI is InChI=1S/C15H20N2O3/c1-3-4-9-16(12-5-6-12)13-7-8-15(17(19)20)14(10-13)11(2)18/h7-8,10,12H,3-6,9H2,1-2H3. The first-order valence-electron chi connectivity index (χ1n) is 7.10. The molecule has 1 fully saturated rings. The number of Topliss-reactive ketones (excluding diaryl/α,β-unsaturated/α-hetero) is 1. The third kappa shape index (κ3) is 3.15. The van der Waals surface area contributed by atoms with Crippen LogP contribution in [0, 0.1) is 10.1 Å². The highest BCUT2D eigenvalue weighted by molar-refractivity contribution is 5.99. The number of rotatable bonds is 7. The minimum absolute atomic E-state index is 0.104. The average Bonchev–Trinajstić information content (AvgIpc) is 3.23. The van der Waals surface area contributed by atoms with Gasteiger partial charge in [-0.05, 0) is 38.3 Å². The van der Waals surface area contributed by atoms with Crippen molar-refractivity contribution in [3.8, 4) is 0 Å². The first kappa shape index (κ1) is 14.5. The summed E-state index contributed by atoms with van der Waals surface area (Å²) in [5.41, 5.74) is 1.03. The molecule has 20 heavy (non-hydrogen) atoms. The molecule has 0 aromatic heterocycles. The summed E-state index contributed by atoms with van der Waals surface area (Å²) in [7, 11) is 0. The van der Waals surface area contributed by atoms with E-state index in [9.17, 15) is 14.9 Å². The van der Waals surface area contributed by atoms with E-state index in [1.807, 2.05) is 0 Å². The van der Waals surface area contributed by atoms with Crippen LogP contribution in [0.4, 0.5) is 11.4 Å². The molecule has 0 amide bonds. The zero-order valence-corrected chi connectivity index (χ0v) is 12.0. The van der Waals surface area contributed by atoms with Gasteiger partial charge in [-0.3, -0.25) is 14.9 Å². The molecule has 0 aliphatic heterocycles. The molecule has 0 spiro atoms. The van der Waals surface area contributed by atoms with E-state index in [2.05, 4.69) is 11.8 Å². The van der Waals surface area contributed by atoms with Crippen molar-refractivity contribution in [3.05, 3.63) is 33.9 Å². The molecular formula is C15H20N2O3. The Bertz CT molecular complexity index is 524. The lowest BCUT2D eigenvalue weighted by Gasteiger charge is -2.25. The van der Waals surface area contributed by atoms with Crippen LogP contribution >= 0.6 is 0 Å². The minimum atomic E-state index is -0.492. The van der Waals surface area contributed by atoms with Crippen molar-refractivity contribution in [1.29, 1.82) is 0 Å². The topological polar surface area (TPSA) is 63.4 Å². The van der Waals surface area contributed by atoms with Crippen molar-refractivity contribution >= 4 is 17.2 Å². The van der Waals surface area contributed by atoms with Crippen molar-refractivity contribution in [2.45, 2.75) is 45.6 Å². The smallest absolute Gasteiger partial charge is 0.280 e. The van der Waals surface area contributed by atoms with Crippen molar-refractivity contribution in [2.75, 3.05) is 11.4 Å². The van der Waals surface area contributed by atoms with E-state index in [0.717, 1.165) is 37.9 Å². The lowest BCUT2D eigenvalue weighted by molar-refractivity contribution is -0.385. The minimum Gasteiger partial charge on any atom is -0.369 e. The number of benzene rings is 1. The summed E-state index contributed by atoms with van der Waals surface area (Å²) >= 11 is 0. The number of nitro groups is 1. The molecule has 1 aliphatic rings. The largest absolute Gasteiger partial charge is 0.369 e. The number of nitro benzene ring substituents is 1. The maximum absolute atomic E-state index is 11.6. The Morgan fingerprint density at radius 1 is 1.45 bits per heavy atom. The molecule has 0 N–H and O–H groups in total. The molecule has 0 saturated heterocycles. The van der Waals surface area contributed by atoms with E-state index >= 15 is 0 Å². The maximum atomic E-state index is 11.6. The van der Waals surface area contributed by atoms with Gasteiger partial charge in [0.25, 0.3) is 5.69 Å².